The average Bonchev–Trinajstić information content (AvgIpc) is 2.83. The molecule has 1 aromatic carbocycles. The standard InChI is InChI=1S/C16H20N2O2/c1-10(2)16(19)18-8-7-13-12(9-18)11-5-4-6-14(20-3)15(11)17-13/h4-6,10,17H,7-9H2,1-3H3. The molecule has 106 valence electrons. The van der Waals surface area contributed by atoms with Crippen LogP contribution >= 0.6 is 0 Å². The van der Waals surface area contributed by atoms with Crippen LogP contribution in [0.2, 0.25) is 0 Å². The number of rotatable bonds is 2. The molecule has 0 saturated heterocycles. The zero-order chi connectivity index (χ0) is 14.3. The van der Waals surface area contributed by atoms with E-state index in [-0.39, 0.29) is 11.8 Å². The van der Waals surface area contributed by atoms with Gasteiger partial charge in [-0.2, -0.15) is 0 Å². The third kappa shape index (κ3) is 1.96. The van der Waals surface area contributed by atoms with Crippen molar-refractivity contribution >= 4 is 16.8 Å². The molecule has 1 aliphatic rings. The molecule has 4 nitrogen and oxygen atoms in total. The van der Waals surface area contributed by atoms with Crippen molar-refractivity contribution in [3.05, 3.63) is 29.5 Å². The topological polar surface area (TPSA) is 45.3 Å². The van der Waals surface area contributed by atoms with Crippen LogP contribution in [0.4, 0.5) is 0 Å². The minimum absolute atomic E-state index is 0.0521. The lowest BCUT2D eigenvalue weighted by Crippen LogP contribution is -2.38. The van der Waals surface area contributed by atoms with E-state index in [1.165, 1.54) is 16.6 Å². The van der Waals surface area contributed by atoms with Gasteiger partial charge in [0.05, 0.1) is 12.6 Å². The lowest BCUT2D eigenvalue weighted by molar-refractivity contribution is -0.135. The zero-order valence-corrected chi connectivity index (χ0v) is 12.2. The maximum Gasteiger partial charge on any atom is 0.225 e. The maximum atomic E-state index is 12.2. The van der Waals surface area contributed by atoms with E-state index in [1.54, 1.807) is 7.11 Å². The predicted molar refractivity (Wildman–Crippen MR) is 78.8 cm³/mol. The maximum absolute atomic E-state index is 12.2. The monoisotopic (exact) mass is 272 g/mol. The van der Waals surface area contributed by atoms with Gasteiger partial charge in [0, 0.05) is 42.1 Å². The molecule has 0 fully saturated rings. The molecule has 0 radical (unpaired) electrons. The van der Waals surface area contributed by atoms with E-state index >= 15 is 0 Å². The molecule has 0 unspecified atom stereocenters. The first-order valence-electron chi connectivity index (χ1n) is 7.07. The smallest absolute Gasteiger partial charge is 0.225 e. The Balaban J connectivity index is 2.03. The van der Waals surface area contributed by atoms with Gasteiger partial charge in [-0.1, -0.05) is 26.0 Å². The Morgan fingerprint density at radius 3 is 2.90 bits per heavy atom. The van der Waals surface area contributed by atoms with Crippen LogP contribution in [-0.4, -0.2) is 29.4 Å². The van der Waals surface area contributed by atoms with Crippen LogP contribution in [0.25, 0.3) is 10.9 Å². The summed E-state index contributed by atoms with van der Waals surface area (Å²) in [6.45, 7) is 5.39. The normalized spacial score (nSPS) is 14.7. The number of nitrogens with one attached hydrogen (secondary N) is 1. The van der Waals surface area contributed by atoms with Crippen molar-refractivity contribution in [1.29, 1.82) is 0 Å². The van der Waals surface area contributed by atoms with E-state index in [2.05, 4.69) is 11.1 Å². The number of benzene rings is 1. The van der Waals surface area contributed by atoms with Gasteiger partial charge in [0.1, 0.15) is 5.75 Å². The van der Waals surface area contributed by atoms with E-state index in [1.807, 2.05) is 30.9 Å². The van der Waals surface area contributed by atoms with Gasteiger partial charge in [-0.25, -0.2) is 0 Å². The summed E-state index contributed by atoms with van der Waals surface area (Å²) < 4.78 is 5.41. The Labute approximate surface area is 118 Å². The Morgan fingerprint density at radius 2 is 2.20 bits per heavy atom. The summed E-state index contributed by atoms with van der Waals surface area (Å²) in [5.41, 5.74) is 3.51. The van der Waals surface area contributed by atoms with Gasteiger partial charge in [0.25, 0.3) is 0 Å². The highest BCUT2D eigenvalue weighted by Crippen LogP contribution is 2.33. The van der Waals surface area contributed by atoms with Crippen molar-refractivity contribution in [3.63, 3.8) is 0 Å². The molecule has 20 heavy (non-hydrogen) atoms. The van der Waals surface area contributed by atoms with Crippen molar-refractivity contribution in [3.8, 4) is 5.75 Å². The molecule has 2 heterocycles. The zero-order valence-electron chi connectivity index (χ0n) is 12.2. The minimum atomic E-state index is 0.0521. The van der Waals surface area contributed by atoms with Crippen LogP contribution in [0.1, 0.15) is 25.1 Å². The molecule has 0 bridgehead atoms. The SMILES string of the molecule is COc1cccc2c3c([nH]c12)CCN(C(=O)C(C)C)C3. The highest BCUT2D eigenvalue weighted by Gasteiger charge is 2.25. The molecular weight excluding hydrogens is 252 g/mol. The largest absolute Gasteiger partial charge is 0.495 e. The molecule has 1 aliphatic heterocycles. The van der Waals surface area contributed by atoms with E-state index in [0.29, 0.717) is 6.54 Å². The lowest BCUT2D eigenvalue weighted by Gasteiger charge is -2.28. The van der Waals surface area contributed by atoms with Gasteiger partial charge < -0.3 is 14.6 Å². The van der Waals surface area contributed by atoms with Crippen LogP contribution < -0.4 is 4.74 Å². The number of aromatic nitrogens is 1. The van der Waals surface area contributed by atoms with E-state index in [4.69, 9.17) is 4.74 Å². The van der Waals surface area contributed by atoms with Crippen LogP contribution in [0, 0.1) is 5.92 Å². The molecule has 3 rings (SSSR count). The van der Waals surface area contributed by atoms with E-state index in [0.717, 1.165) is 24.2 Å². The average molecular weight is 272 g/mol. The van der Waals surface area contributed by atoms with Gasteiger partial charge in [0.15, 0.2) is 0 Å². The molecule has 2 aromatic rings. The first-order chi connectivity index (χ1) is 9.61. The van der Waals surface area contributed by atoms with Crippen molar-refractivity contribution in [1.82, 2.24) is 9.88 Å². The molecule has 0 aliphatic carbocycles. The number of fused-ring (bicyclic) bond motifs is 3. The number of carbonyl (C=O) groups is 1. The number of H-pyrrole nitrogens is 1. The van der Waals surface area contributed by atoms with Crippen LogP contribution in [0.3, 0.4) is 0 Å². The number of para-hydroxylation sites is 1. The molecule has 0 spiro atoms. The summed E-state index contributed by atoms with van der Waals surface area (Å²) in [5, 5.41) is 1.17. The molecule has 0 saturated carbocycles. The van der Waals surface area contributed by atoms with E-state index < -0.39 is 0 Å². The van der Waals surface area contributed by atoms with Crippen molar-refractivity contribution in [2.45, 2.75) is 26.8 Å². The number of ether oxygens (including phenoxy) is 1. The number of amides is 1. The molecule has 4 heteroatoms. The predicted octanol–water partition coefficient (Wildman–Crippen LogP) is 2.72. The Morgan fingerprint density at radius 1 is 1.40 bits per heavy atom. The fraction of sp³-hybridized carbons (Fsp3) is 0.438. The second-order valence-corrected chi connectivity index (χ2v) is 5.63. The number of aromatic amines is 1. The fourth-order valence-electron chi connectivity index (χ4n) is 2.93. The molecule has 1 N–H and O–H groups in total. The third-order valence-corrected chi connectivity index (χ3v) is 4.00. The fourth-order valence-corrected chi connectivity index (χ4v) is 2.93. The summed E-state index contributed by atoms with van der Waals surface area (Å²) in [6.07, 6.45) is 0.881. The summed E-state index contributed by atoms with van der Waals surface area (Å²) >= 11 is 0. The Kier molecular flexibility index (Phi) is 3.16. The van der Waals surface area contributed by atoms with Gasteiger partial charge >= 0.3 is 0 Å². The Bertz CT molecular complexity index is 658. The minimum Gasteiger partial charge on any atom is -0.495 e. The van der Waals surface area contributed by atoms with Gasteiger partial charge in [-0.05, 0) is 6.07 Å². The summed E-state index contributed by atoms with van der Waals surface area (Å²) in [6, 6.07) is 6.05. The van der Waals surface area contributed by atoms with Crippen LogP contribution in [0.15, 0.2) is 18.2 Å². The van der Waals surface area contributed by atoms with Crippen molar-refractivity contribution < 1.29 is 9.53 Å². The van der Waals surface area contributed by atoms with E-state index in [9.17, 15) is 4.79 Å². The number of hydrogen-bond acceptors (Lipinski definition) is 2. The van der Waals surface area contributed by atoms with Crippen molar-refractivity contribution in [2.75, 3.05) is 13.7 Å². The molecule has 1 aromatic heterocycles. The second-order valence-electron chi connectivity index (χ2n) is 5.63. The highest BCUT2D eigenvalue weighted by atomic mass is 16.5. The molecule has 0 atom stereocenters. The van der Waals surface area contributed by atoms with Gasteiger partial charge in [0.2, 0.25) is 5.91 Å². The quantitative estimate of drug-likeness (QED) is 0.913. The van der Waals surface area contributed by atoms with Gasteiger partial charge in [-0.15, -0.1) is 0 Å². The van der Waals surface area contributed by atoms with Crippen LogP contribution in [-0.2, 0) is 17.8 Å². The molecule has 1 amide bonds. The summed E-state index contributed by atoms with van der Waals surface area (Å²) in [5.74, 6) is 1.14. The number of hydrogen-bond donors (Lipinski definition) is 1. The number of methoxy groups -OCH3 is 1. The van der Waals surface area contributed by atoms with Crippen molar-refractivity contribution in [2.24, 2.45) is 5.92 Å². The highest BCUT2D eigenvalue weighted by molar-refractivity contribution is 5.90. The Hall–Kier alpha value is -1.97. The first kappa shape index (κ1) is 13.0. The summed E-state index contributed by atoms with van der Waals surface area (Å²) in [7, 11) is 1.68. The lowest BCUT2D eigenvalue weighted by atomic mass is 10.0. The third-order valence-electron chi connectivity index (χ3n) is 4.00. The van der Waals surface area contributed by atoms with Gasteiger partial charge in [-0.3, -0.25) is 4.79 Å². The number of carbonyl (C=O) groups excluding carboxylic acids is 1. The van der Waals surface area contributed by atoms with Crippen LogP contribution in [0.5, 0.6) is 5.75 Å². The number of nitrogens with zero attached hydrogens (tertiary/aromatic N) is 1. The summed E-state index contributed by atoms with van der Waals surface area (Å²) in [4.78, 5) is 17.6. The first-order valence-corrected chi connectivity index (χ1v) is 7.07. The molecular formula is C16H20N2O2. The second kappa shape index (κ2) is 4.85.